The number of thioether (sulfide) groups is 1. The highest BCUT2D eigenvalue weighted by molar-refractivity contribution is 8.00. The summed E-state index contributed by atoms with van der Waals surface area (Å²) in [4.78, 5) is 110. The zero-order valence-electron chi connectivity index (χ0n) is 38.6. The molecule has 5 heterocycles. The van der Waals surface area contributed by atoms with Gasteiger partial charge in [-0.15, -0.1) is 11.8 Å². The highest BCUT2D eigenvalue weighted by Gasteiger charge is 2.46. The van der Waals surface area contributed by atoms with Crippen molar-refractivity contribution in [1.29, 1.82) is 0 Å². The predicted molar refractivity (Wildman–Crippen MR) is 243 cm³/mol. The lowest BCUT2D eigenvalue weighted by atomic mass is 9.81. The number of carbonyl (C=O) groups excluding carboxylic acids is 7. The number of pyridine rings is 2. The van der Waals surface area contributed by atoms with Gasteiger partial charge in [-0.3, -0.25) is 38.5 Å². The molecule has 360 valence electrons. The number of aliphatic hydroxyl groups is 1. The number of amides is 6. The Kier molecular flexibility index (Phi) is 14.9. The maximum Gasteiger partial charge on any atom is 0.343 e. The smallest absolute Gasteiger partial charge is 0.343 e. The molecule has 0 bridgehead atoms. The molecule has 4 aliphatic rings. The summed E-state index contributed by atoms with van der Waals surface area (Å²) in [6.45, 7) is 9.51. The number of likely N-dealkylation sites (tertiary alicyclic amines) is 1. The molecule has 1 fully saturated rings. The number of hydrogen-bond donors (Lipinski definition) is 5. The number of nitrogens with one attached hydrogen (secondary N) is 4. The van der Waals surface area contributed by atoms with Crippen LogP contribution in [-0.2, 0) is 68.2 Å². The zero-order valence-corrected chi connectivity index (χ0v) is 39.4. The molecule has 3 aliphatic heterocycles. The number of unbranched alkanes of at least 4 members (excludes halogenated alkanes) is 2. The van der Waals surface area contributed by atoms with Gasteiger partial charge in [0.2, 0.25) is 35.4 Å². The van der Waals surface area contributed by atoms with Crippen LogP contribution >= 0.6 is 11.8 Å². The van der Waals surface area contributed by atoms with E-state index >= 15 is 4.39 Å². The van der Waals surface area contributed by atoms with E-state index in [2.05, 4.69) is 21.3 Å². The SMILES string of the molecule is CCSC1CC(=O)N(CCCCCC(=O)N[C@H](C(=O)N[C@@H](C)C(=O)NCOCC(=O)N[C@H]2CCc3c(C)c(F)cc4nc5c(c2c34)Cn2c-5cc3c(c2=O)COC(=O)[C@]3(O)CC)C(C)C)C1=O. The van der Waals surface area contributed by atoms with Gasteiger partial charge in [-0.2, -0.15) is 0 Å². The highest BCUT2D eigenvalue weighted by atomic mass is 32.2. The molecule has 2 aromatic heterocycles. The first-order valence-corrected chi connectivity index (χ1v) is 24.0. The molecule has 67 heavy (non-hydrogen) atoms. The quantitative estimate of drug-likeness (QED) is 0.0394. The van der Waals surface area contributed by atoms with E-state index in [4.69, 9.17) is 14.5 Å². The Morgan fingerprint density at radius 1 is 1.01 bits per heavy atom. The molecule has 0 spiro atoms. The lowest BCUT2D eigenvalue weighted by molar-refractivity contribution is -0.172. The number of esters is 1. The van der Waals surface area contributed by atoms with E-state index in [1.54, 1.807) is 33.8 Å². The number of aryl methyl sites for hydroxylation is 1. The van der Waals surface area contributed by atoms with E-state index in [1.165, 1.54) is 34.2 Å². The fourth-order valence-electron chi connectivity index (χ4n) is 9.45. The first-order chi connectivity index (χ1) is 31.9. The Hall–Kier alpha value is -5.73. The van der Waals surface area contributed by atoms with Crippen molar-refractivity contribution in [3.05, 3.63) is 61.7 Å². The van der Waals surface area contributed by atoms with Crippen molar-refractivity contribution in [2.24, 2.45) is 5.92 Å². The Morgan fingerprint density at radius 3 is 2.49 bits per heavy atom. The van der Waals surface area contributed by atoms with Gasteiger partial charge in [0.05, 0.1) is 40.3 Å². The first kappa shape index (κ1) is 49.2. The van der Waals surface area contributed by atoms with Crippen molar-refractivity contribution < 1.29 is 52.5 Å². The van der Waals surface area contributed by atoms with Crippen LogP contribution < -0.4 is 26.8 Å². The molecule has 1 unspecified atom stereocenters. The number of cyclic esters (lactones) is 1. The second kappa shape index (κ2) is 20.2. The van der Waals surface area contributed by atoms with Crippen molar-refractivity contribution in [2.75, 3.05) is 25.6 Å². The van der Waals surface area contributed by atoms with Crippen LogP contribution in [0.2, 0.25) is 0 Å². The molecular weight excluding hydrogens is 890 g/mol. The number of halogens is 1. The third kappa shape index (κ3) is 9.70. The fourth-order valence-corrected chi connectivity index (χ4v) is 10.4. The molecular formula is C47H58FN7O11S. The van der Waals surface area contributed by atoms with E-state index in [1.807, 2.05) is 6.92 Å². The summed E-state index contributed by atoms with van der Waals surface area (Å²) in [5.74, 6) is -3.19. The Bertz CT molecular complexity index is 2600. The van der Waals surface area contributed by atoms with E-state index in [0.29, 0.717) is 77.6 Å². The number of hydrogen-bond acceptors (Lipinski definition) is 13. The van der Waals surface area contributed by atoms with Gasteiger partial charge in [-0.1, -0.05) is 34.1 Å². The first-order valence-electron chi connectivity index (χ1n) is 22.9. The van der Waals surface area contributed by atoms with Crippen LogP contribution in [0.25, 0.3) is 22.3 Å². The van der Waals surface area contributed by atoms with Crippen LogP contribution in [0.15, 0.2) is 16.9 Å². The molecule has 0 saturated carbocycles. The van der Waals surface area contributed by atoms with Crippen molar-refractivity contribution in [1.82, 2.24) is 35.7 Å². The summed E-state index contributed by atoms with van der Waals surface area (Å²) in [6, 6.07) is 0.366. The maximum atomic E-state index is 15.3. The summed E-state index contributed by atoms with van der Waals surface area (Å²) < 4.78 is 27.5. The topological polar surface area (TPSA) is 244 Å². The number of fused-ring (bicyclic) bond motifs is 5. The van der Waals surface area contributed by atoms with Gasteiger partial charge in [-0.25, -0.2) is 14.2 Å². The maximum absolute atomic E-state index is 15.3. The minimum Gasteiger partial charge on any atom is -0.458 e. The van der Waals surface area contributed by atoms with Crippen LogP contribution in [0.5, 0.6) is 0 Å². The molecule has 1 aliphatic carbocycles. The van der Waals surface area contributed by atoms with E-state index in [0.717, 1.165) is 11.3 Å². The average Bonchev–Trinajstić information content (AvgIpc) is 3.79. The van der Waals surface area contributed by atoms with E-state index < -0.39 is 65.4 Å². The van der Waals surface area contributed by atoms with Gasteiger partial charge < -0.3 is 40.4 Å². The summed E-state index contributed by atoms with van der Waals surface area (Å²) in [7, 11) is 0. The number of carbonyl (C=O) groups is 7. The molecule has 1 aromatic carbocycles. The Morgan fingerprint density at radius 2 is 1.78 bits per heavy atom. The van der Waals surface area contributed by atoms with Gasteiger partial charge in [0.25, 0.3) is 5.56 Å². The van der Waals surface area contributed by atoms with Crippen molar-refractivity contribution >= 4 is 64.1 Å². The van der Waals surface area contributed by atoms with Crippen molar-refractivity contribution in [3.8, 4) is 11.4 Å². The minimum absolute atomic E-state index is 0.0338. The number of aromatic nitrogens is 2. The number of rotatable bonds is 19. The van der Waals surface area contributed by atoms with Crippen LogP contribution in [0.3, 0.4) is 0 Å². The number of benzene rings is 1. The summed E-state index contributed by atoms with van der Waals surface area (Å²) in [5, 5.41) is 22.6. The van der Waals surface area contributed by atoms with Gasteiger partial charge >= 0.3 is 5.97 Å². The third-order valence-corrected chi connectivity index (χ3v) is 14.3. The second-order valence-electron chi connectivity index (χ2n) is 17.9. The Balaban J connectivity index is 0.916. The van der Waals surface area contributed by atoms with E-state index in [-0.39, 0.29) is 79.2 Å². The molecule has 3 aromatic rings. The van der Waals surface area contributed by atoms with Crippen molar-refractivity contribution in [3.63, 3.8) is 0 Å². The molecule has 1 saturated heterocycles. The number of nitrogens with zero attached hydrogens (tertiary/aromatic N) is 3. The average molecular weight is 948 g/mol. The van der Waals surface area contributed by atoms with Gasteiger partial charge in [-0.05, 0) is 80.4 Å². The molecule has 5 atom stereocenters. The van der Waals surface area contributed by atoms with Gasteiger partial charge in [0.15, 0.2) is 5.60 Å². The highest BCUT2D eigenvalue weighted by Crippen LogP contribution is 2.46. The molecule has 20 heteroatoms. The van der Waals surface area contributed by atoms with Crippen LogP contribution in [0.4, 0.5) is 4.39 Å². The van der Waals surface area contributed by atoms with Crippen molar-refractivity contribution in [2.45, 2.75) is 135 Å². The lowest BCUT2D eigenvalue weighted by Crippen LogP contribution is -2.54. The summed E-state index contributed by atoms with van der Waals surface area (Å²) in [6.07, 6.45) is 2.81. The monoisotopic (exact) mass is 947 g/mol. The number of imide groups is 1. The third-order valence-electron chi connectivity index (χ3n) is 13.2. The normalized spacial score (nSPS) is 20.3. The second-order valence-corrected chi connectivity index (χ2v) is 19.3. The van der Waals surface area contributed by atoms with Gasteiger partial charge in [0.1, 0.15) is 37.8 Å². The van der Waals surface area contributed by atoms with Crippen LogP contribution in [0, 0.1) is 18.7 Å². The predicted octanol–water partition coefficient (Wildman–Crippen LogP) is 2.81. The fraction of sp³-hybridized carbons (Fsp3) is 0.553. The molecule has 18 nitrogen and oxygen atoms in total. The minimum atomic E-state index is -2.03. The van der Waals surface area contributed by atoms with Crippen LogP contribution in [-0.4, -0.2) is 104 Å². The largest absolute Gasteiger partial charge is 0.458 e. The molecule has 5 N–H and O–H groups in total. The van der Waals surface area contributed by atoms with E-state index in [9.17, 15) is 43.5 Å². The number of ether oxygens (including phenoxy) is 2. The molecule has 7 rings (SSSR count). The Labute approximate surface area is 390 Å². The zero-order chi connectivity index (χ0) is 48.5. The standard InChI is InChI=1S/C47H58FN7O11S/c1-7-47(64)29-16-33-41-27(19-55(33)44(61)28(29)20-66-46(47)63)39-31(14-13-26-24(5)30(48)17-32(52-41)38(26)39)51-36(57)21-65-22-49-42(59)25(6)50-43(60)40(23(3)4)53-35(56)12-10-9-11-15-54-37(58)18-34(45(54)62)67-8-2/h16-17,23,25,31,34,40,64H,7-15,18-22H2,1-6H3,(H,49,59)(H,50,60)(H,51,57)(H,53,56)/t25-,31-,34?,40-,47-/m0/s1. The van der Waals surface area contributed by atoms with Gasteiger partial charge in [0, 0.05) is 42.0 Å². The molecule has 0 radical (unpaired) electrons. The van der Waals surface area contributed by atoms with Crippen LogP contribution in [0.1, 0.15) is 119 Å². The molecule has 6 amide bonds. The summed E-state index contributed by atoms with van der Waals surface area (Å²) in [5.41, 5.74) is 1.38. The summed E-state index contributed by atoms with van der Waals surface area (Å²) >= 11 is 1.46. The lowest BCUT2D eigenvalue weighted by Gasteiger charge is -2.31.